The molecule has 2 amide bonds. The molecular weight excluding hydrogens is 282 g/mol. The number of pyridine rings is 1. The first-order valence-corrected chi connectivity index (χ1v) is 7.32. The number of hydrogen-bond donors (Lipinski definition) is 1. The van der Waals surface area contributed by atoms with Crippen LogP contribution < -0.4 is 5.32 Å². The monoisotopic (exact) mass is 303 g/mol. The number of carbonyl (C=O) groups is 3. The van der Waals surface area contributed by atoms with Gasteiger partial charge in [-0.15, -0.1) is 0 Å². The van der Waals surface area contributed by atoms with E-state index >= 15 is 0 Å². The Kier molecular flexibility index (Phi) is 4.59. The van der Waals surface area contributed by atoms with Crippen LogP contribution in [0.15, 0.2) is 24.5 Å². The van der Waals surface area contributed by atoms with Crippen molar-refractivity contribution in [3.63, 3.8) is 0 Å². The molecule has 1 fully saturated rings. The van der Waals surface area contributed by atoms with Crippen molar-refractivity contribution in [2.45, 2.75) is 32.7 Å². The van der Waals surface area contributed by atoms with Crippen molar-refractivity contribution in [3.8, 4) is 0 Å². The average Bonchev–Trinajstić information content (AvgIpc) is 2.86. The highest BCUT2D eigenvalue weighted by atomic mass is 16.2. The number of rotatable bonds is 4. The lowest BCUT2D eigenvalue weighted by atomic mass is 10.1. The number of ketones is 1. The van der Waals surface area contributed by atoms with E-state index in [-0.39, 0.29) is 22.9 Å². The molecule has 118 valence electrons. The van der Waals surface area contributed by atoms with Crippen LogP contribution in [-0.4, -0.2) is 46.1 Å². The standard InChI is InChI=1S/C16H21N3O3/c1-16(2,3)19-10-11(7-13(19)20)8-18-15(22)14(21)12-5-4-6-17-9-12/h4-6,9,11H,7-8,10H2,1-3H3,(H,18,22)/t11-/m0/s1. The van der Waals surface area contributed by atoms with E-state index in [1.54, 1.807) is 18.3 Å². The minimum Gasteiger partial charge on any atom is -0.349 e. The second-order valence-electron chi connectivity index (χ2n) is 6.53. The van der Waals surface area contributed by atoms with E-state index < -0.39 is 11.7 Å². The van der Waals surface area contributed by atoms with Gasteiger partial charge in [0, 0.05) is 48.9 Å². The lowest BCUT2D eigenvalue weighted by Crippen LogP contribution is -2.43. The lowest BCUT2D eigenvalue weighted by Gasteiger charge is -2.32. The summed E-state index contributed by atoms with van der Waals surface area (Å²) in [4.78, 5) is 41.4. The molecule has 1 aromatic rings. The van der Waals surface area contributed by atoms with Crippen LogP contribution in [0, 0.1) is 5.92 Å². The molecule has 0 aromatic carbocycles. The minimum absolute atomic E-state index is 0.0392. The van der Waals surface area contributed by atoms with Crippen molar-refractivity contribution in [1.82, 2.24) is 15.2 Å². The zero-order valence-corrected chi connectivity index (χ0v) is 13.1. The van der Waals surface area contributed by atoms with Crippen LogP contribution in [0.25, 0.3) is 0 Å². The minimum atomic E-state index is -0.658. The molecule has 0 radical (unpaired) electrons. The summed E-state index contributed by atoms with van der Waals surface area (Å²) in [6, 6.07) is 3.16. The van der Waals surface area contributed by atoms with E-state index in [1.807, 2.05) is 25.7 Å². The van der Waals surface area contributed by atoms with Crippen molar-refractivity contribution >= 4 is 17.6 Å². The third-order valence-corrected chi connectivity index (χ3v) is 3.70. The van der Waals surface area contributed by atoms with E-state index in [2.05, 4.69) is 10.3 Å². The van der Waals surface area contributed by atoms with Gasteiger partial charge in [0.1, 0.15) is 0 Å². The maximum absolute atomic E-state index is 12.0. The van der Waals surface area contributed by atoms with Gasteiger partial charge in [-0.25, -0.2) is 0 Å². The summed E-state index contributed by atoms with van der Waals surface area (Å²) < 4.78 is 0. The predicted molar refractivity (Wildman–Crippen MR) is 81.2 cm³/mol. The predicted octanol–water partition coefficient (Wildman–Crippen LogP) is 1.03. The van der Waals surface area contributed by atoms with Crippen molar-refractivity contribution < 1.29 is 14.4 Å². The maximum Gasteiger partial charge on any atom is 0.292 e. The molecule has 0 bridgehead atoms. The second kappa shape index (κ2) is 6.25. The van der Waals surface area contributed by atoms with Crippen LogP contribution in [0.2, 0.25) is 0 Å². The van der Waals surface area contributed by atoms with E-state index in [4.69, 9.17) is 0 Å². The molecule has 2 heterocycles. The van der Waals surface area contributed by atoms with Crippen molar-refractivity contribution in [1.29, 1.82) is 0 Å². The number of likely N-dealkylation sites (tertiary alicyclic amines) is 1. The van der Waals surface area contributed by atoms with Crippen LogP contribution >= 0.6 is 0 Å². The van der Waals surface area contributed by atoms with Gasteiger partial charge in [-0.3, -0.25) is 19.4 Å². The highest BCUT2D eigenvalue weighted by Gasteiger charge is 2.36. The third kappa shape index (κ3) is 3.69. The molecule has 1 atom stereocenters. The fraction of sp³-hybridized carbons (Fsp3) is 0.500. The molecule has 0 spiro atoms. The highest BCUT2D eigenvalue weighted by molar-refractivity contribution is 6.42. The Bertz CT molecular complexity index is 578. The van der Waals surface area contributed by atoms with Crippen molar-refractivity contribution in [2.24, 2.45) is 5.92 Å². The molecule has 1 aliphatic heterocycles. The number of amides is 2. The molecular formula is C16H21N3O3. The maximum atomic E-state index is 12.0. The Morgan fingerprint density at radius 2 is 2.14 bits per heavy atom. The molecule has 1 aliphatic rings. The van der Waals surface area contributed by atoms with Crippen molar-refractivity contribution in [3.05, 3.63) is 30.1 Å². The van der Waals surface area contributed by atoms with Crippen LogP contribution in [0.1, 0.15) is 37.6 Å². The topological polar surface area (TPSA) is 79.4 Å². The molecule has 1 saturated heterocycles. The number of Topliss-reactive ketones (excluding diaryl/α,β-unsaturated/α-hetero) is 1. The number of nitrogens with zero attached hydrogens (tertiary/aromatic N) is 2. The van der Waals surface area contributed by atoms with E-state index in [0.29, 0.717) is 19.5 Å². The summed E-state index contributed by atoms with van der Waals surface area (Å²) in [7, 11) is 0. The molecule has 0 unspecified atom stereocenters. The molecule has 6 heteroatoms. The summed E-state index contributed by atoms with van der Waals surface area (Å²) in [5.74, 6) is -1.14. The van der Waals surface area contributed by atoms with Gasteiger partial charge in [-0.1, -0.05) is 0 Å². The SMILES string of the molecule is CC(C)(C)N1C[C@H](CNC(=O)C(=O)c2cccnc2)CC1=O. The number of nitrogens with one attached hydrogen (secondary N) is 1. The zero-order valence-electron chi connectivity index (χ0n) is 13.1. The fourth-order valence-corrected chi connectivity index (χ4v) is 2.51. The normalized spacial score (nSPS) is 18.4. The van der Waals surface area contributed by atoms with Crippen molar-refractivity contribution in [2.75, 3.05) is 13.1 Å². The van der Waals surface area contributed by atoms with Gasteiger partial charge >= 0.3 is 0 Å². The quantitative estimate of drug-likeness (QED) is 0.665. The van der Waals surface area contributed by atoms with Gasteiger partial charge in [0.2, 0.25) is 5.91 Å². The fourth-order valence-electron chi connectivity index (χ4n) is 2.51. The summed E-state index contributed by atoms with van der Waals surface area (Å²) in [6.45, 7) is 6.88. The third-order valence-electron chi connectivity index (χ3n) is 3.70. The summed E-state index contributed by atoms with van der Waals surface area (Å²) in [5, 5.41) is 2.62. The highest BCUT2D eigenvalue weighted by Crippen LogP contribution is 2.25. The lowest BCUT2D eigenvalue weighted by molar-refractivity contribution is -0.131. The first kappa shape index (κ1) is 16.1. The van der Waals surface area contributed by atoms with Gasteiger partial charge in [-0.2, -0.15) is 0 Å². The van der Waals surface area contributed by atoms with Crippen LogP contribution in [0.4, 0.5) is 0 Å². The van der Waals surface area contributed by atoms with Gasteiger partial charge < -0.3 is 10.2 Å². The Balaban J connectivity index is 1.88. The van der Waals surface area contributed by atoms with E-state index in [9.17, 15) is 14.4 Å². The first-order chi connectivity index (χ1) is 10.3. The Hall–Kier alpha value is -2.24. The Morgan fingerprint density at radius 3 is 2.68 bits per heavy atom. The summed E-state index contributed by atoms with van der Waals surface area (Å²) >= 11 is 0. The molecule has 0 aliphatic carbocycles. The first-order valence-electron chi connectivity index (χ1n) is 7.32. The van der Waals surface area contributed by atoms with Gasteiger partial charge in [0.15, 0.2) is 0 Å². The molecule has 22 heavy (non-hydrogen) atoms. The van der Waals surface area contributed by atoms with Crippen LogP contribution in [0.5, 0.6) is 0 Å². The molecule has 0 saturated carbocycles. The van der Waals surface area contributed by atoms with Gasteiger partial charge in [0.25, 0.3) is 11.7 Å². The Labute approximate surface area is 129 Å². The number of carbonyl (C=O) groups excluding carboxylic acids is 3. The summed E-state index contributed by atoms with van der Waals surface area (Å²) in [5.41, 5.74) is 0.0419. The summed E-state index contributed by atoms with van der Waals surface area (Å²) in [6.07, 6.45) is 3.31. The van der Waals surface area contributed by atoms with Gasteiger partial charge in [-0.05, 0) is 32.9 Å². The second-order valence-corrected chi connectivity index (χ2v) is 6.53. The smallest absolute Gasteiger partial charge is 0.292 e. The number of hydrogen-bond acceptors (Lipinski definition) is 4. The zero-order chi connectivity index (χ0) is 16.3. The molecule has 2 rings (SSSR count). The number of aromatic nitrogens is 1. The Morgan fingerprint density at radius 1 is 1.41 bits per heavy atom. The van der Waals surface area contributed by atoms with E-state index in [1.165, 1.54) is 6.20 Å². The largest absolute Gasteiger partial charge is 0.349 e. The average molecular weight is 303 g/mol. The molecule has 1 aromatic heterocycles. The van der Waals surface area contributed by atoms with Gasteiger partial charge in [0.05, 0.1) is 0 Å². The van der Waals surface area contributed by atoms with Crippen LogP contribution in [-0.2, 0) is 9.59 Å². The van der Waals surface area contributed by atoms with E-state index in [0.717, 1.165) is 0 Å². The molecule has 6 nitrogen and oxygen atoms in total. The van der Waals surface area contributed by atoms with Crippen LogP contribution in [0.3, 0.4) is 0 Å². The molecule has 1 N–H and O–H groups in total.